The predicted molar refractivity (Wildman–Crippen MR) is 130 cm³/mol. The van der Waals surface area contributed by atoms with Crippen LogP contribution in [-0.4, -0.2) is 49.6 Å². The third-order valence-corrected chi connectivity index (χ3v) is 6.84. The number of anilines is 2. The number of carbonyl (C=O) groups is 1. The van der Waals surface area contributed by atoms with Crippen molar-refractivity contribution >= 4 is 40.7 Å². The molecule has 180 valence electrons. The first-order chi connectivity index (χ1) is 16.3. The van der Waals surface area contributed by atoms with Crippen molar-refractivity contribution in [2.75, 3.05) is 12.4 Å². The van der Waals surface area contributed by atoms with Gasteiger partial charge in [0.15, 0.2) is 5.75 Å². The summed E-state index contributed by atoms with van der Waals surface area (Å²) < 4.78 is 5.91. The van der Waals surface area contributed by atoms with E-state index in [9.17, 15) is 9.90 Å². The number of nitrogens with zero attached hydrogens (tertiary/aromatic N) is 4. The molecule has 9 nitrogen and oxygen atoms in total. The highest BCUT2D eigenvalue weighted by Gasteiger charge is 2.28. The molecule has 1 saturated carbocycles. The summed E-state index contributed by atoms with van der Waals surface area (Å²) in [5.41, 5.74) is 0.703. The SMILES string of the molecule is C[C@H](C1CCCCC1)N(C)C(=O)c1cc(Oc2c(Cl)cc(Nc3nn[nH]n3)cc2Cl)ccc1O. The number of phenolic OH excluding ortho intramolecular Hbond substituents is 1. The van der Waals surface area contributed by atoms with Crippen LogP contribution < -0.4 is 10.1 Å². The minimum Gasteiger partial charge on any atom is -0.507 e. The van der Waals surface area contributed by atoms with Crippen LogP contribution in [0.15, 0.2) is 30.3 Å². The smallest absolute Gasteiger partial charge is 0.267 e. The summed E-state index contributed by atoms with van der Waals surface area (Å²) in [7, 11) is 1.78. The molecule has 1 aliphatic rings. The molecular formula is C23H26Cl2N6O3. The van der Waals surface area contributed by atoms with Crippen molar-refractivity contribution in [2.24, 2.45) is 5.92 Å². The van der Waals surface area contributed by atoms with E-state index in [1.54, 1.807) is 30.1 Å². The lowest BCUT2D eigenvalue weighted by Crippen LogP contribution is -2.40. The summed E-state index contributed by atoms with van der Waals surface area (Å²) in [5.74, 6) is 0.878. The number of H-pyrrole nitrogens is 1. The number of halogens is 2. The largest absolute Gasteiger partial charge is 0.507 e. The zero-order valence-corrected chi connectivity index (χ0v) is 20.4. The topological polar surface area (TPSA) is 116 Å². The van der Waals surface area contributed by atoms with Crippen LogP contribution in [0.25, 0.3) is 0 Å². The van der Waals surface area contributed by atoms with E-state index < -0.39 is 0 Å². The van der Waals surface area contributed by atoms with Gasteiger partial charge in [0.25, 0.3) is 11.9 Å². The molecule has 11 heteroatoms. The van der Waals surface area contributed by atoms with Crippen LogP contribution in [0.1, 0.15) is 49.4 Å². The van der Waals surface area contributed by atoms with E-state index in [-0.39, 0.29) is 45.0 Å². The number of hydrogen-bond donors (Lipinski definition) is 3. The van der Waals surface area contributed by atoms with Crippen LogP contribution in [0.2, 0.25) is 10.0 Å². The summed E-state index contributed by atoms with van der Waals surface area (Å²) in [6, 6.07) is 7.75. The standard InChI is InChI=1S/C23H26Cl2N6O3/c1-13(14-6-4-3-5-7-14)31(2)22(33)17-12-16(8-9-20(17)32)34-21-18(24)10-15(11-19(21)25)26-23-27-29-30-28-23/h8-14,32H,3-7H2,1-2H3,(H2,26,27,28,29,30)/t13-/m1/s1. The maximum Gasteiger partial charge on any atom is 0.267 e. The minimum atomic E-state index is -0.266. The van der Waals surface area contributed by atoms with Gasteiger partial charge >= 0.3 is 0 Å². The normalized spacial score (nSPS) is 15.1. The Hall–Kier alpha value is -3.04. The van der Waals surface area contributed by atoms with Crippen molar-refractivity contribution in [3.63, 3.8) is 0 Å². The number of aromatic hydroxyl groups is 1. The molecule has 4 rings (SSSR count). The fraction of sp³-hybridized carbons (Fsp3) is 0.391. The Morgan fingerprint density at radius 3 is 2.56 bits per heavy atom. The van der Waals surface area contributed by atoms with Gasteiger partial charge in [0.05, 0.1) is 15.6 Å². The van der Waals surface area contributed by atoms with Gasteiger partial charge in [-0.05, 0) is 61.2 Å². The molecule has 3 N–H and O–H groups in total. The van der Waals surface area contributed by atoms with Gasteiger partial charge in [0.2, 0.25) is 0 Å². The lowest BCUT2D eigenvalue weighted by molar-refractivity contribution is 0.0662. The summed E-state index contributed by atoms with van der Waals surface area (Å²) in [6.07, 6.45) is 5.86. The lowest BCUT2D eigenvalue weighted by Gasteiger charge is -2.34. The first-order valence-corrected chi connectivity index (χ1v) is 11.9. The molecule has 3 aromatic rings. The number of nitrogens with one attached hydrogen (secondary N) is 2. The van der Waals surface area contributed by atoms with Crippen LogP contribution in [0.3, 0.4) is 0 Å². The molecule has 1 heterocycles. The monoisotopic (exact) mass is 504 g/mol. The summed E-state index contributed by atoms with van der Waals surface area (Å²) >= 11 is 12.8. The fourth-order valence-corrected chi connectivity index (χ4v) is 4.81. The second kappa shape index (κ2) is 10.5. The van der Waals surface area contributed by atoms with Crippen molar-refractivity contribution in [2.45, 2.75) is 45.1 Å². The quantitative estimate of drug-likeness (QED) is 0.372. The number of carbonyl (C=O) groups excluding carboxylic acids is 1. The van der Waals surface area contributed by atoms with E-state index in [1.807, 2.05) is 0 Å². The predicted octanol–water partition coefficient (Wildman–Crippen LogP) is 5.79. The molecule has 0 unspecified atom stereocenters. The Labute approximate surface area is 207 Å². The van der Waals surface area contributed by atoms with E-state index in [4.69, 9.17) is 27.9 Å². The summed E-state index contributed by atoms with van der Waals surface area (Å²) in [4.78, 5) is 14.9. The molecule has 0 spiro atoms. The van der Waals surface area contributed by atoms with E-state index in [0.717, 1.165) is 12.8 Å². The Kier molecular flexibility index (Phi) is 7.43. The maximum atomic E-state index is 13.2. The zero-order valence-electron chi connectivity index (χ0n) is 18.9. The molecule has 34 heavy (non-hydrogen) atoms. The zero-order chi connectivity index (χ0) is 24.2. The number of rotatable bonds is 7. The average Bonchev–Trinajstić information content (AvgIpc) is 3.34. The van der Waals surface area contributed by atoms with Crippen LogP contribution in [0.4, 0.5) is 11.6 Å². The highest BCUT2D eigenvalue weighted by molar-refractivity contribution is 6.37. The van der Waals surface area contributed by atoms with E-state index >= 15 is 0 Å². The molecule has 1 fully saturated rings. The number of aromatic nitrogens is 4. The molecule has 1 aromatic heterocycles. The van der Waals surface area contributed by atoms with Crippen molar-refractivity contribution in [3.05, 3.63) is 45.9 Å². The van der Waals surface area contributed by atoms with Gasteiger partial charge in [-0.2, -0.15) is 5.21 Å². The van der Waals surface area contributed by atoms with Gasteiger partial charge in [-0.25, -0.2) is 0 Å². The van der Waals surface area contributed by atoms with Gasteiger partial charge in [0, 0.05) is 18.8 Å². The van der Waals surface area contributed by atoms with Gasteiger partial charge < -0.3 is 20.1 Å². The van der Waals surface area contributed by atoms with Crippen molar-refractivity contribution < 1.29 is 14.6 Å². The minimum absolute atomic E-state index is 0.0694. The van der Waals surface area contributed by atoms with Gasteiger partial charge in [-0.15, -0.1) is 5.10 Å². The Balaban J connectivity index is 1.52. The van der Waals surface area contributed by atoms with Crippen LogP contribution in [0, 0.1) is 5.92 Å². The molecular weight excluding hydrogens is 479 g/mol. The number of phenols is 1. The van der Waals surface area contributed by atoms with Crippen molar-refractivity contribution in [1.29, 1.82) is 0 Å². The number of hydrogen-bond acceptors (Lipinski definition) is 7. The molecule has 0 aliphatic heterocycles. The molecule has 0 radical (unpaired) electrons. The summed E-state index contributed by atoms with van der Waals surface area (Å²) in [6.45, 7) is 2.06. The number of amides is 1. The second-order valence-electron chi connectivity index (χ2n) is 8.47. The van der Waals surface area contributed by atoms with Crippen molar-refractivity contribution in [3.8, 4) is 17.2 Å². The third kappa shape index (κ3) is 5.37. The first kappa shape index (κ1) is 24.1. The number of ether oxygens (including phenoxy) is 1. The third-order valence-electron chi connectivity index (χ3n) is 6.28. The van der Waals surface area contributed by atoms with Crippen LogP contribution in [0.5, 0.6) is 17.2 Å². The Bertz CT molecular complexity index is 1130. The highest BCUT2D eigenvalue weighted by atomic mass is 35.5. The van der Waals surface area contributed by atoms with E-state index in [1.165, 1.54) is 31.4 Å². The number of aromatic amines is 1. The average molecular weight is 505 g/mol. The number of benzene rings is 2. The second-order valence-corrected chi connectivity index (χ2v) is 9.28. The van der Waals surface area contributed by atoms with E-state index in [0.29, 0.717) is 17.4 Å². The van der Waals surface area contributed by atoms with Crippen molar-refractivity contribution in [1.82, 2.24) is 25.5 Å². The summed E-state index contributed by atoms with van der Waals surface area (Å²) in [5, 5.41) is 27.2. The van der Waals surface area contributed by atoms with Gasteiger partial charge in [0.1, 0.15) is 11.5 Å². The first-order valence-electron chi connectivity index (χ1n) is 11.1. The lowest BCUT2D eigenvalue weighted by atomic mass is 9.84. The molecule has 1 amide bonds. The number of tetrazole rings is 1. The maximum absolute atomic E-state index is 13.2. The highest BCUT2D eigenvalue weighted by Crippen LogP contribution is 2.40. The van der Waals surface area contributed by atoms with Crippen LogP contribution >= 0.6 is 23.2 Å². The molecule has 0 bridgehead atoms. The molecule has 2 aromatic carbocycles. The van der Waals surface area contributed by atoms with Gasteiger partial charge in [-0.1, -0.05) is 47.6 Å². The molecule has 1 atom stereocenters. The fourth-order valence-electron chi connectivity index (χ4n) is 4.25. The Morgan fingerprint density at radius 1 is 1.21 bits per heavy atom. The Morgan fingerprint density at radius 2 is 1.91 bits per heavy atom. The molecule has 1 aliphatic carbocycles. The van der Waals surface area contributed by atoms with Crippen LogP contribution in [-0.2, 0) is 0 Å². The molecule has 0 saturated heterocycles. The van der Waals surface area contributed by atoms with Gasteiger partial charge in [-0.3, -0.25) is 4.79 Å². The van der Waals surface area contributed by atoms with E-state index in [2.05, 4.69) is 32.9 Å².